The van der Waals surface area contributed by atoms with Crippen LogP contribution in [0.4, 0.5) is 4.39 Å². The Morgan fingerprint density at radius 1 is 1.26 bits per heavy atom. The molecule has 0 spiro atoms. The third-order valence-corrected chi connectivity index (χ3v) is 5.83. The maximum absolute atomic E-state index is 13.7. The van der Waals surface area contributed by atoms with Crippen LogP contribution in [0.5, 0.6) is 0 Å². The average molecular weight is 389 g/mol. The fraction of sp³-hybridized carbons (Fsp3) is 0.429. The van der Waals surface area contributed by atoms with Crippen LogP contribution in [-0.4, -0.2) is 36.3 Å². The highest BCUT2D eigenvalue weighted by molar-refractivity contribution is 7.12. The zero-order chi connectivity index (χ0) is 19.4. The van der Waals surface area contributed by atoms with Crippen LogP contribution in [0, 0.1) is 17.7 Å². The lowest BCUT2D eigenvalue weighted by Crippen LogP contribution is -2.36. The summed E-state index contributed by atoms with van der Waals surface area (Å²) in [5, 5.41) is 4.86. The summed E-state index contributed by atoms with van der Waals surface area (Å²) in [6.45, 7) is 5.60. The van der Waals surface area contributed by atoms with Gasteiger partial charge in [0, 0.05) is 25.6 Å². The molecule has 144 valence electrons. The van der Waals surface area contributed by atoms with Crippen molar-refractivity contribution < 1.29 is 14.0 Å². The van der Waals surface area contributed by atoms with Crippen LogP contribution in [-0.2, 0) is 4.79 Å². The summed E-state index contributed by atoms with van der Waals surface area (Å²) >= 11 is 1.39. The summed E-state index contributed by atoms with van der Waals surface area (Å²) < 4.78 is 13.7. The van der Waals surface area contributed by atoms with Crippen LogP contribution < -0.4 is 5.32 Å². The molecule has 2 heterocycles. The first-order valence-corrected chi connectivity index (χ1v) is 10.2. The SMILES string of the molecule is CC(C)CCNC(=O)[C@H]1CN(C(=O)c2cccs2)C[C@@H]1c1cccc(F)c1. The van der Waals surface area contributed by atoms with Crippen LogP contribution in [0.2, 0.25) is 0 Å². The quantitative estimate of drug-likeness (QED) is 0.816. The maximum Gasteiger partial charge on any atom is 0.263 e. The third-order valence-electron chi connectivity index (χ3n) is 4.97. The van der Waals surface area contributed by atoms with E-state index in [-0.39, 0.29) is 29.5 Å². The van der Waals surface area contributed by atoms with Crippen molar-refractivity contribution in [2.24, 2.45) is 11.8 Å². The van der Waals surface area contributed by atoms with Crippen LogP contribution in [0.3, 0.4) is 0 Å². The molecule has 1 N–H and O–H groups in total. The van der Waals surface area contributed by atoms with Crippen LogP contribution >= 0.6 is 11.3 Å². The average Bonchev–Trinajstić information content (AvgIpc) is 3.31. The number of benzene rings is 1. The Bertz CT molecular complexity index is 791. The Morgan fingerprint density at radius 2 is 2.07 bits per heavy atom. The fourth-order valence-electron chi connectivity index (χ4n) is 3.48. The smallest absolute Gasteiger partial charge is 0.263 e. The maximum atomic E-state index is 13.7. The van der Waals surface area contributed by atoms with Crippen molar-refractivity contribution in [2.75, 3.05) is 19.6 Å². The Labute approximate surface area is 163 Å². The van der Waals surface area contributed by atoms with E-state index < -0.39 is 0 Å². The van der Waals surface area contributed by atoms with Crippen LogP contribution in [0.15, 0.2) is 41.8 Å². The molecule has 2 atom stereocenters. The molecule has 2 aromatic rings. The molecule has 1 aliphatic heterocycles. The first-order valence-electron chi connectivity index (χ1n) is 9.31. The van der Waals surface area contributed by atoms with E-state index in [0.29, 0.717) is 30.4 Å². The number of amides is 2. The minimum atomic E-state index is -0.372. The van der Waals surface area contributed by atoms with Crippen molar-refractivity contribution in [3.8, 4) is 0 Å². The van der Waals surface area contributed by atoms with Crippen molar-refractivity contribution in [3.63, 3.8) is 0 Å². The van der Waals surface area contributed by atoms with Crippen molar-refractivity contribution in [1.29, 1.82) is 0 Å². The number of halogens is 1. The summed E-state index contributed by atoms with van der Waals surface area (Å²) in [5.41, 5.74) is 0.764. The van der Waals surface area contributed by atoms with Gasteiger partial charge in [0.15, 0.2) is 0 Å². The number of likely N-dealkylation sites (tertiary alicyclic amines) is 1. The predicted molar refractivity (Wildman–Crippen MR) is 105 cm³/mol. The zero-order valence-corrected chi connectivity index (χ0v) is 16.5. The van der Waals surface area contributed by atoms with E-state index in [4.69, 9.17) is 0 Å². The molecule has 1 aromatic heterocycles. The Balaban J connectivity index is 1.78. The Hall–Kier alpha value is -2.21. The lowest BCUT2D eigenvalue weighted by molar-refractivity contribution is -0.124. The van der Waals surface area contributed by atoms with E-state index in [2.05, 4.69) is 19.2 Å². The highest BCUT2D eigenvalue weighted by atomic mass is 32.1. The van der Waals surface area contributed by atoms with Gasteiger partial charge < -0.3 is 10.2 Å². The van der Waals surface area contributed by atoms with Gasteiger partial charge in [0.25, 0.3) is 5.91 Å². The summed E-state index contributed by atoms with van der Waals surface area (Å²) in [6.07, 6.45) is 0.904. The molecule has 1 aromatic carbocycles. The molecule has 3 rings (SSSR count). The number of rotatable bonds is 6. The molecule has 1 fully saturated rings. The number of thiophene rings is 1. The lowest BCUT2D eigenvalue weighted by Gasteiger charge is -2.18. The monoisotopic (exact) mass is 388 g/mol. The summed E-state index contributed by atoms with van der Waals surface area (Å²) in [7, 11) is 0. The molecule has 0 saturated carbocycles. The number of nitrogens with zero attached hydrogens (tertiary/aromatic N) is 1. The Morgan fingerprint density at radius 3 is 2.74 bits per heavy atom. The summed E-state index contributed by atoms with van der Waals surface area (Å²) in [4.78, 5) is 27.9. The van der Waals surface area contributed by atoms with Gasteiger partial charge in [-0.2, -0.15) is 0 Å². The van der Waals surface area contributed by atoms with Gasteiger partial charge in [-0.25, -0.2) is 4.39 Å². The zero-order valence-electron chi connectivity index (χ0n) is 15.7. The second kappa shape index (κ2) is 8.65. The number of carbonyl (C=O) groups is 2. The minimum Gasteiger partial charge on any atom is -0.356 e. The number of nitrogens with one attached hydrogen (secondary N) is 1. The van der Waals surface area contributed by atoms with Gasteiger partial charge in [0.2, 0.25) is 5.91 Å². The second-order valence-corrected chi connectivity index (χ2v) is 8.38. The first-order chi connectivity index (χ1) is 13.0. The van der Waals surface area contributed by atoms with Crippen molar-refractivity contribution in [2.45, 2.75) is 26.2 Å². The highest BCUT2D eigenvalue weighted by Crippen LogP contribution is 2.34. The normalized spacial score (nSPS) is 19.5. The molecule has 1 saturated heterocycles. The van der Waals surface area contributed by atoms with E-state index in [1.807, 2.05) is 17.5 Å². The van der Waals surface area contributed by atoms with Gasteiger partial charge in [-0.15, -0.1) is 11.3 Å². The second-order valence-electron chi connectivity index (χ2n) is 7.43. The molecule has 1 aliphatic rings. The molecule has 0 bridgehead atoms. The highest BCUT2D eigenvalue weighted by Gasteiger charge is 2.40. The first kappa shape index (κ1) is 19.5. The molecular weight excluding hydrogens is 363 g/mol. The number of carbonyl (C=O) groups excluding carboxylic acids is 2. The van der Waals surface area contributed by atoms with Gasteiger partial charge in [0.1, 0.15) is 5.82 Å². The summed E-state index contributed by atoms with van der Waals surface area (Å²) in [6, 6.07) is 9.99. The van der Waals surface area contributed by atoms with Gasteiger partial charge in [0.05, 0.1) is 10.8 Å². The predicted octanol–water partition coefficient (Wildman–Crippen LogP) is 3.91. The number of hydrogen-bond acceptors (Lipinski definition) is 3. The van der Waals surface area contributed by atoms with Crippen molar-refractivity contribution >= 4 is 23.2 Å². The molecule has 4 nitrogen and oxygen atoms in total. The Kier molecular flexibility index (Phi) is 6.26. The molecule has 0 radical (unpaired) electrons. The minimum absolute atomic E-state index is 0.0635. The largest absolute Gasteiger partial charge is 0.356 e. The van der Waals surface area contributed by atoms with E-state index in [1.54, 1.807) is 17.0 Å². The third kappa shape index (κ3) is 4.75. The van der Waals surface area contributed by atoms with E-state index in [1.165, 1.54) is 23.5 Å². The van der Waals surface area contributed by atoms with Crippen LogP contribution in [0.25, 0.3) is 0 Å². The molecule has 27 heavy (non-hydrogen) atoms. The van der Waals surface area contributed by atoms with E-state index in [9.17, 15) is 14.0 Å². The molecule has 2 amide bonds. The topological polar surface area (TPSA) is 49.4 Å². The van der Waals surface area contributed by atoms with Gasteiger partial charge in [-0.05, 0) is 41.5 Å². The van der Waals surface area contributed by atoms with E-state index >= 15 is 0 Å². The van der Waals surface area contributed by atoms with Gasteiger partial charge >= 0.3 is 0 Å². The summed E-state index contributed by atoms with van der Waals surface area (Å²) in [5.74, 6) is -0.527. The molecule has 0 unspecified atom stereocenters. The molecule has 0 aliphatic carbocycles. The fourth-order valence-corrected chi connectivity index (χ4v) is 4.17. The van der Waals surface area contributed by atoms with Crippen LogP contribution in [0.1, 0.15) is 41.4 Å². The number of hydrogen-bond donors (Lipinski definition) is 1. The van der Waals surface area contributed by atoms with Crippen molar-refractivity contribution in [3.05, 3.63) is 58.0 Å². The van der Waals surface area contributed by atoms with Gasteiger partial charge in [-0.1, -0.05) is 32.0 Å². The standard InChI is InChI=1S/C21H25FN2O2S/c1-14(2)8-9-23-20(25)18-13-24(21(26)19-7-4-10-27-19)12-17(18)15-5-3-6-16(22)11-15/h3-7,10-11,14,17-18H,8-9,12-13H2,1-2H3,(H,23,25)/t17-,18+/m1/s1. The molecular formula is C21H25FN2O2S. The van der Waals surface area contributed by atoms with Gasteiger partial charge in [-0.3, -0.25) is 9.59 Å². The van der Waals surface area contributed by atoms with Crippen molar-refractivity contribution in [1.82, 2.24) is 10.2 Å². The van der Waals surface area contributed by atoms with E-state index in [0.717, 1.165) is 12.0 Å². The molecule has 6 heteroatoms. The lowest BCUT2D eigenvalue weighted by atomic mass is 9.88.